The molecule has 0 unspecified atom stereocenters. The zero-order chi connectivity index (χ0) is 14.0. The van der Waals surface area contributed by atoms with E-state index in [1.165, 1.54) is 70.6 Å². The van der Waals surface area contributed by atoms with Gasteiger partial charge in [-0.2, -0.15) is 0 Å². The monoisotopic (exact) mass is 264 g/mol. The Labute approximate surface area is 120 Å². The minimum Gasteiger partial charge on any atom is -0.234 e. The topological polar surface area (TPSA) is 17.1 Å². The van der Waals surface area contributed by atoms with Crippen molar-refractivity contribution in [3.05, 3.63) is 18.2 Å². The van der Waals surface area contributed by atoms with Crippen LogP contribution in [0.2, 0.25) is 0 Å². The second-order valence-electron chi connectivity index (χ2n) is 5.34. The molecule has 0 atom stereocenters. The zero-order valence-corrected chi connectivity index (χ0v) is 12.8. The molecule has 19 heavy (non-hydrogen) atoms. The van der Waals surface area contributed by atoms with Crippen molar-refractivity contribution in [3.8, 4) is 0 Å². The van der Waals surface area contributed by atoms with E-state index >= 15 is 0 Å². The lowest BCUT2D eigenvalue weighted by atomic mass is 10.1. The van der Waals surface area contributed by atoms with Crippen LogP contribution in [0.5, 0.6) is 0 Å². The molecule has 0 spiro atoms. The molecule has 1 nitrogen and oxygen atoms in total. The summed E-state index contributed by atoms with van der Waals surface area (Å²) in [6, 6.07) is 0. The van der Waals surface area contributed by atoms with Crippen molar-refractivity contribution in [1.29, 1.82) is 0 Å². The molecule has 0 aliphatic rings. The van der Waals surface area contributed by atoms with E-state index in [-0.39, 0.29) is 0 Å². The van der Waals surface area contributed by atoms with E-state index < -0.39 is 0 Å². The van der Waals surface area contributed by atoms with Gasteiger partial charge in [-0.15, -0.1) is 0 Å². The molecular formula is C18H32O. The molecule has 0 saturated heterocycles. The summed E-state index contributed by atoms with van der Waals surface area (Å²) < 4.78 is 0. The van der Waals surface area contributed by atoms with Crippen molar-refractivity contribution in [2.45, 2.75) is 90.4 Å². The largest absolute Gasteiger partial charge is 0.234 e. The van der Waals surface area contributed by atoms with Gasteiger partial charge in [-0.25, -0.2) is 4.79 Å². The summed E-state index contributed by atoms with van der Waals surface area (Å²) in [6.45, 7) is 2.27. The molecule has 0 N–H and O–H groups in total. The Morgan fingerprint density at radius 1 is 0.684 bits per heavy atom. The molecule has 0 amide bonds. The van der Waals surface area contributed by atoms with E-state index in [1.54, 1.807) is 6.08 Å². The van der Waals surface area contributed by atoms with Crippen LogP contribution >= 0.6 is 0 Å². The van der Waals surface area contributed by atoms with E-state index in [2.05, 4.69) is 19.1 Å². The average Bonchev–Trinajstić information content (AvgIpc) is 2.43. The summed E-state index contributed by atoms with van der Waals surface area (Å²) in [5, 5.41) is 0. The Kier molecular flexibility index (Phi) is 16.5. The summed E-state index contributed by atoms with van der Waals surface area (Å²) >= 11 is 0. The van der Waals surface area contributed by atoms with Crippen LogP contribution in [0.15, 0.2) is 18.2 Å². The molecule has 0 aliphatic carbocycles. The normalized spacial score (nSPS) is 10.8. The first-order valence-corrected chi connectivity index (χ1v) is 8.26. The van der Waals surface area contributed by atoms with Crippen LogP contribution in [0.1, 0.15) is 90.4 Å². The van der Waals surface area contributed by atoms with Crippen molar-refractivity contribution < 1.29 is 4.79 Å². The second kappa shape index (κ2) is 17.2. The predicted octanol–water partition coefficient (Wildman–Crippen LogP) is 6.02. The van der Waals surface area contributed by atoms with Crippen molar-refractivity contribution >= 4 is 5.94 Å². The van der Waals surface area contributed by atoms with Gasteiger partial charge in [0.25, 0.3) is 0 Å². The Morgan fingerprint density at radius 2 is 1.16 bits per heavy atom. The Balaban J connectivity index is 3.06. The van der Waals surface area contributed by atoms with Gasteiger partial charge in [-0.1, -0.05) is 64.0 Å². The van der Waals surface area contributed by atoms with Crippen LogP contribution in [0.25, 0.3) is 0 Å². The maximum Gasteiger partial charge on any atom is 0.120 e. The first kappa shape index (κ1) is 18.2. The van der Waals surface area contributed by atoms with Gasteiger partial charge in [0.15, 0.2) is 0 Å². The standard InChI is InChI=1S/C18H32O/c1-2-3-4-5-6-7-8-9-10-11-12-13-14-15-16-17-18-19/h9-10,17H,2-8,11-16H2,1H3/b10-9+. The van der Waals surface area contributed by atoms with Gasteiger partial charge in [0.2, 0.25) is 0 Å². The van der Waals surface area contributed by atoms with E-state index in [4.69, 9.17) is 0 Å². The number of hydrogen-bond acceptors (Lipinski definition) is 1. The van der Waals surface area contributed by atoms with Gasteiger partial charge >= 0.3 is 0 Å². The molecule has 110 valence electrons. The summed E-state index contributed by atoms with van der Waals surface area (Å²) in [5.74, 6) is 1.83. The van der Waals surface area contributed by atoms with Gasteiger partial charge in [0, 0.05) is 0 Å². The lowest BCUT2D eigenvalue weighted by molar-refractivity contribution is 0.567. The first-order valence-electron chi connectivity index (χ1n) is 8.26. The molecule has 0 aromatic rings. The van der Waals surface area contributed by atoms with Gasteiger partial charge in [0.05, 0.1) is 0 Å². The summed E-state index contributed by atoms with van der Waals surface area (Å²) in [4.78, 5) is 9.95. The Hall–Kier alpha value is -0.810. The minimum atomic E-state index is 0.900. The fourth-order valence-corrected chi connectivity index (χ4v) is 2.20. The van der Waals surface area contributed by atoms with Crippen LogP contribution in [0.4, 0.5) is 0 Å². The highest BCUT2D eigenvalue weighted by Crippen LogP contribution is 2.09. The van der Waals surface area contributed by atoms with Crippen molar-refractivity contribution in [2.75, 3.05) is 0 Å². The molecule has 0 aliphatic heterocycles. The maximum absolute atomic E-state index is 9.95. The Bertz CT molecular complexity index is 236. The van der Waals surface area contributed by atoms with E-state index in [1.807, 2.05) is 5.94 Å². The fourth-order valence-electron chi connectivity index (χ4n) is 2.20. The van der Waals surface area contributed by atoms with Crippen LogP contribution < -0.4 is 0 Å². The third kappa shape index (κ3) is 17.2. The smallest absolute Gasteiger partial charge is 0.120 e. The molecule has 0 aromatic heterocycles. The average molecular weight is 264 g/mol. The molecule has 0 fully saturated rings. The molecule has 0 heterocycles. The highest BCUT2D eigenvalue weighted by Gasteiger charge is 1.89. The first-order chi connectivity index (χ1) is 9.41. The van der Waals surface area contributed by atoms with Gasteiger partial charge in [-0.3, -0.25) is 0 Å². The third-order valence-electron chi connectivity index (χ3n) is 3.44. The van der Waals surface area contributed by atoms with Crippen LogP contribution in [-0.2, 0) is 4.79 Å². The predicted molar refractivity (Wildman–Crippen MR) is 85.1 cm³/mol. The quantitative estimate of drug-likeness (QED) is 0.213. The van der Waals surface area contributed by atoms with Gasteiger partial charge in [0.1, 0.15) is 5.94 Å². The highest BCUT2D eigenvalue weighted by atomic mass is 16.1. The number of hydrogen-bond donors (Lipinski definition) is 0. The highest BCUT2D eigenvalue weighted by molar-refractivity contribution is 5.44. The second-order valence-corrected chi connectivity index (χ2v) is 5.34. The number of carbonyl (C=O) groups excluding carboxylic acids is 1. The van der Waals surface area contributed by atoms with Crippen LogP contribution in [0.3, 0.4) is 0 Å². The van der Waals surface area contributed by atoms with Gasteiger partial charge in [-0.05, 0) is 44.6 Å². The summed E-state index contributed by atoms with van der Waals surface area (Å²) in [7, 11) is 0. The van der Waals surface area contributed by atoms with Crippen molar-refractivity contribution in [2.24, 2.45) is 0 Å². The van der Waals surface area contributed by atoms with Crippen molar-refractivity contribution in [3.63, 3.8) is 0 Å². The third-order valence-corrected chi connectivity index (χ3v) is 3.44. The molecule has 0 saturated carbocycles. The molecule has 0 radical (unpaired) electrons. The van der Waals surface area contributed by atoms with Crippen molar-refractivity contribution in [1.82, 2.24) is 0 Å². The lowest BCUT2D eigenvalue weighted by Gasteiger charge is -1.98. The number of allylic oxidation sites excluding steroid dienone is 3. The molecule has 0 bridgehead atoms. The Morgan fingerprint density at radius 3 is 1.68 bits per heavy atom. The SMILES string of the molecule is CCCCCCCC/C=C/CCCCCCC=C=O. The van der Waals surface area contributed by atoms with Crippen LogP contribution in [-0.4, -0.2) is 5.94 Å². The molecule has 0 rings (SSSR count). The fraction of sp³-hybridized carbons (Fsp3) is 0.778. The zero-order valence-electron chi connectivity index (χ0n) is 12.8. The molecule has 0 aromatic carbocycles. The van der Waals surface area contributed by atoms with E-state index in [9.17, 15) is 4.79 Å². The van der Waals surface area contributed by atoms with E-state index in [0.29, 0.717) is 0 Å². The number of rotatable bonds is 14. The van der Waals surface area contributed by atoms with Crippen LogP contribution in [0, 0.1) is 0 Å². The lowest BCUT2D eigenvalue weighted by Crippen LogP contribution is -1.78. The maximum atomic E-state index is 9.95. The van der Waals surface area contributed by atoms with Gasteiger partial charge < -0.3 is 0 Å². The summed E-state index contributed by atoms with van der Waals surface area (Å²) in [5.41, 5.74) is 0. The van der Waals surface area contributed by atoms with E-state index in [0.717, 1.165) is 12.8 Å². The molecular weight excluding hydrogens is 232 g/mol. The number of unbranched alkanes of at least 4 members (excludes halogenated alkanes) is 11. The summed E-state index contributed by atoms with van der Waals surface area (Å²) in [6.07, 6.45) is 23.0. The minimum absolute atomic E-state index is 0.900. The molecule has 1 heteroatoms.